The number of hydrogen-bond acceptors (Lipinski definition) is 2. The zero-order chi connectivity index (χ0) is 9.72. The second kappa shape index (κ2) is 4.74. The minimum absolute atomic E-state index is 0.00306. The van der Waals surface area contributed by atoms with Crippen molar-refractivity contribution in [2.45, 2.75) is 39.3 Å². The maximum atomic E-state index is 10.5. The summed E-state index contributed by atoms with van der Waals surface area (Å²) in [6.45, 7) is 5.43. The molecule has 0 spiro atoms. The van der Waals surface area contributed by atoms with Crippen LogP contribution in [0.1, 0.15) is 27.2 Å². The van der Waals surface area contributed by atoms with E-state index >= 15 is 0 Å². The van der Waals surface area contributed by atoms with Gasteiger partial charge >= 0.3 is 5.97 Å². The molecule has 0 aliphatic rings. The molecular formula is C8H15NO3. The Morgan fingerprint density at radius 2 is 2.00 bits per heavy atom. The van der Waals surface area contributed by atoms with Crippen LogP contribution in [0.2, 0.25) is 0 Å². The van der Waals surface area contributed by atoms with Crippen molar-refractivity contribution in [1.82, 2.24) is 4.90 Å². The Hall–Kier alpha value is -1.06. The van der Waals surface area contributed by atoms with Crippen molar-refractivity contribution < 1.29 is 14.7 Å². The van der Waals surface area contributed by atoms with E-state index in [0.29, 0.717) is 6.41 Å². The van der Waals surface area contributed by atoms with Crippen molar-refractivity contribution in [3.8, 4) is 0 Å². The van der Waals surface area contributed by atoms with Crippen LogP contribution in [0.15, 0.2) is 0 Å². The molecule has 12 heavy (non-hydrogen) atoms. The second-order valence-corrected chi connectivity index (χ2v) is 3.09. The molecule has 1 unspecified atom stereocenters. The second-order valence-electron chi connectivity index (χ2n) is 3.09. The summed E-state index contributed by atoms with van der Waals surface area (Å²) < 4.78 is 0. The maximum Gasteiger partial charge on any atom is 0.305 e. The molecule has 1 atom stereocenters. The number of carboxylic acid groups (broad SMARTS) is 1. The van der Waals surface area contributed by atoms with E-state index in [-0.39, 0.29) is 18.5 Å². The van der Waals surface area contributed by atoms with Gasteiger partial charge in [0.25, 0.3) is 0 Å². The van der Waals surface area contributed by atoms with E-state index in [2.05, 4.69) is 0 Å². The zero-order valence-electron chi connectivity index (χ0n) is 7.65. The predicted molar refractivity (Wildman–Crippen MR) is 44.8 cm³/mol. The third-order valence-corrected chi connectivity index (χ3v) is 1.70. The number of rotatable bonds is 5. The number of carbonyl (C=O) groups is 2. The average Bonchev–Trinajstić information content (AvgIpc) is 1.85. The van der Waals surface area contributed by atoms with Crippen molar-refractivity contribution in [2.75, 3.05) is 0 Å². The van der Waals surface area contributed by atoms with Gasteiger partial charge in [-0.15, -0.1) is 0 Å². The summed E-state index contributed by atoms with van der Waals surface area (Å²) in [4.78, 5) is 22.3. The van der Waals surface area contributed by atoms with E-state index in [1.807, 2.05) is 13.8 Å². The molecule has 1 N–H and O–H groups in total. The van der Waals surface area contributed by atoms with Crippen LogP contribution in [-0.2, 0) is 9.59 Å². The first kappa shape index (κ1) is 10.9. The van der Waals surface area contributed by atoms with Crippen LogP contribution in [0, 0.1) is 0 Å². The third kappa shape index (κ3) is 3.37. The third-order valence-electron chi connectivity index (χ3n) is 1.70. The smallest absolute Gasteiger partial charge is 0.305 e. The predicted octanol–water partition coefficient (Wildman–Crippen LogP) is 0.716. The monoisotopic (exact) mass is 173 g/mol. The standard InChI is InChI=1S/C8H15NO3/c1-6(2)9(5-10)7(3)4-8(11)12/h5-7H,4H2,1-3H3,(H,11,12). The Kier molecular flexibility index (Phi) is 4.33. The van der Waals surface area contributed by atoms with Gasteiger partial charge < -0.3 is 10.0 Å². The minimum Gasteiger partial charge on any atom is -0.481 e. The van der Waals surface area contributed by atoms with Gasteiger partial charge in [-0.05, 0) is 20.8 Å². The van der Waals surface area contributed by atoms with Crippen LogP contribution in [0.25, 0.3) is 0 Å². The van der Waals surface area contributed by atoms with Crippen LogP contribution >= 0.6 is 0 Å². The Balaban J connectivity index is 4.11. The fourth-order valence-corrected chi connectivity index (χ4v) is 1.09. The summed E-state index contributed by atoms with van der Waals surface area (Å²) in [5, 5.41) is 8.47. The van der Waals surface area contributed by atoms with Crippen LogP contribution in [0.5, 0.6) is 0 Å². The molecular weight excluding hydrogens is 158 g/mol. The summed E-state index contributed by atoms with van der Waals surface area (Å²) in [5.74, 6) is -0.880. The van der Waals surface area contributed by atoms with Crippen LogP contribution in [0.4, 0.5) is 0 Å². The lowest BCUT2D eigenvalue weighted by Crippen LogP contribution is -2.38. The van der Waals surface area contributed by atoms with Crippen LogP contribution in [0.3, 0.4) is 0 Å². The number of hydrogen-bond donors (Lipinski definition) is 1. The molecule has 0 aromatic carbocycles. The summed E-state index contributed by atoms with van der Waals surface area (Å²) >= 11 is 0. The SMILES string of the molecule is CC(C)N(C=O)C(C)CC(=O)O. The molecule has 0 aliphatic heterocycles. The molecule has 0 aromatic rings. The summed E-state index contributed by atoms with van der Waals surface area (Å²) in [5.41, 5.74) is 0. The highest BCUT2D eigenvalue weighted by atomic mass is 16.4. The fraction of sp³-hybridized carbons (Fsp3) is 0.750. The van der Waals surface area contributed by atoms with Crippen molar-refractivity contribution in [3.63, 3.8) is 0 Å². The molecule has 0 heterocycles. The molecule has 4 heteroatoms. The molecule has 0 fully saturated rings. The van der Waals surface area contributed by atoms with Gasteiger partial charge in [-0.2, -0.15) is 0 Å². The molecule has 0 rings (SSSR count). The highest BCUT2D eigenvalue weighted by Crippen LogP contribution is 2.05. The van der Waals surface area contributed by atoms with Crippen molar-refractivity contribution in [1.29, 1.82) is 0 Å². The van der Waals surface area contributed by atoms with Crippen LogP contribution < -0.4 is 0 Å². The van der Waals surface area contributed by atoms with E-state index in [4.69, 9.17) is 5.11 Å². The lowest BCUT2D eigenvalue weighted by molar-refractivity contribution is -0.139. The topological polar surface area (TPSA) is 57.6 Å². The highest BCUT2D eigenvalue weighted by molar-refractivity contribution is 5.68. The molecule has 70 valence electrons. The van der Waals surface area contributed by atoms with Gasteiger partial charge in [0, 0.05) is 12.1 Å². The summed E-state index contributed by atoms with van der Waals surface area (Å²) in [6.07, 6.45) is 0.690. The van der Waals surface area contributed by atoms with Gasteiger partial charge in [-0.25, -0.2) is 0 Å². The Morgan fingerprint density at radius 3 is 2.25 bits per heavy atom. The van der Waals surface area contributed by atoms with Crippen molar-refractivity contribution in [2.24, 2.45) is 0 Å². The molecule has 0 saturated heterocycles. The zero-order valence-corrected chi connectivity index (χ0v) is 7.65. The molecule has 0 saturated carbocycles. The molecule has 0 aromatic heterocycles. The normalized spacial score (nSPS) is 12.7. The Morgan fingerprint density at radius 1 is 1.50 bits per heavy atom. The van der Waals surface area contributed by atoms with E-state index < -0.39 is 5.97 Å². The van der Waals surface area contributed by atoms with Gasteiger partial charge in [0.2, 0.25) is 6.41 Å². The Labute approximate surface area is 72.2 Å². The first-order valence-corrected chi connectivity index (χ1v) is 3.93. The average molecular weight is 173 g/mol. The number of nitrogens with zero attached hydrogens (tertiary/aromatic N) is 1. The van der Waals surface area contributed by atoms with Gasteiger partial charge in [0.15, 0.2) is 0 Å². The Bertz CT molecular complexity index is 168. The van der Waals surface area contributed by atoms with Crippen molar-refractivity contribution >= 4 is 12.4 Å². The number of amides is 1. The molecule has 0 bridgehead atoms. The largest absolute Gasteiger partial charge is 0.481 e. The van der Waals surface area contributed by atoms with E-state index in [0.717, 1.165) is 0 Å². The highest BCUT2D eigenvalue weighted by Gasteiger charge is 2.17. The maximum absolute atomic E-state index is 10.5. The lowest BCUT2D eigenvalue weighted by Gasteiger charge is -2.27. The molecule has 4 nitrogen and oxygen atoms in total. The van der Waals surface area contributed by atoms with Crippen molar-refractivity contribution in [3.05, 3.63) is 0 Å². The summed E-state index contributed by atoms with van der Waals surface area (Å²) in [6, 6.07) is -0.183. The van der Waals surface area contributed by atoms with Gasteiger partial charge in [-0.1, -0.05) is 0 Å². The van der Waals surface area contributed by atoms with E-state index in [9.17, 15) is 9.59 Å². The number of aliphatic carboxylic acids is 1. The molecule has 0 aliphatic carbocycles. The first-order valence-electron chi connectivity index (χ1n) is 3.93. The molecule has 1 amide bonds. The first-order chi connectivity index (χ1) is 5.49. The number of carboxylic acids is 1. The molecule has 0 radical (unpaired) electrons. The lowest BCUT2D eigenvalue weighted by atomic mass is 10.2. The van der Waals surface area contributed by atoms with Crippen LogP contribution in [-0.4, -0.2) is 34.5 Å². The number of carbonyl (C=O) groups excluding carboxylic acids is 1. The fourth-order valence-electron chi connectivity index (χ4n) is 1.09. The van der Waals surface area contributed by atoms with E-state index in [1.165, 1.54) is 4.90 Å². The van der Waals surface area contributed by atoms with Gasteiger partial charge in [-0.3, -0.25) is 9.59 Å². The van der Waals surface area contributed by atoms with E-state index in [1.54, 1.807) is 6.92 Å². The van der Waals surface area contributed by atoms with Gasteiger partial charge in [0.05, 0.1) is 6.42 Å². The van der Waals surface area contributed by atoms with Gasteiger partial charge in [0.1, 0.15) is 0 Å². The quantitative estimate of drug-likeness (QED) is 0.623. The minimum atomic E-state index is -0.880. The summed E-state index contributed by atoms with van der Waals surface area (Å²) in [7, 11) is 0.